The highest BCUT2D eigenvalue weighted by Crippen LogP contribution is 2.22. The van der Waals surface area contributed by atoms with Crippen LogP contribution in [0.1, 0.15) is 33.2 Å². The van der Waals surface area contributed by atoms with Gasteiger partial charge in [-0.2, -0.15) is 5.10 Å². The fraction of sp³-hybridized carbons (Fsp3) is 0.667. The normalized spacial score (nSPS) is 16.1. The third-order valence-corrected chi connectivity index (χ3v) is 3.49. The first-order valence-electron chi connectivity index (χ1n) is 5.96. The molecule has 5 nitrogen and oxygen atoms in total. The predicted molar refractivity (Wildman–Crippen MR) is 78.4 cm³/mol. The molecular formula is C12H20IN3O2. The van der Waals surface area contributed by atoms with E-state index in [1.165, 1.54) is 7.11 Å². The number of nitrogens with zero attached hydrogens (tertiary/aromatic N) is 2. The minimum atomic E-state index is -0.680. The molecule has 0 saturated carbocycles. The second-order valence-corrected chi connectivity index (χ2v) is 5.79. The van der Waals surface area contributed by atoms with Crippen LogP contribution in [0.25, 0.3) is 0 Å². The Balaban J connectivity index is 2.80. The van der Waals surface area contributed by atoms with Gasteiger partial charge in [0.05, 0.1) is 22.9 Å². The number of aromatic nitrogens is 2. The Kier molecular flexibility index (Phi) is 5.58. The second kappa shape index (κ2) is 6.51. The average Bonchev–Trinajstić information content (AvgIpc) is 2.75. The van der Waals surface area contributed by atoms with Crippen molar-refractivity contribution < 1.29 is 9.53 Å². The van der Waals surface area contributed by atoms with Gasteiger partial charge in [-0.1, -0.05) is 6.92 Å². The number of carbonyl (C=O) groups is 1. The van der Waals surface area contributed by atoms with Gasteiger partial charge in [0.2, 0.25) is 0 Å². The van der Waals surface area contributed by atoms with Gasteiger partial charge in [0, 0.05) is 6.20 Å². The molecule has 102 valence electrons. The van der Waals surface area contributed by atoms with Crippen LogP contribution in [-0.4, -0.2) is 34.9 Å². The lowest BCUT2D eigenvalue weighted by atomic mass is 9.93. The lowest BCUT2D eigenvalue weighted by Crippen LogP contribution is -2.51. The Labute approximate surface area is 121 Å². The summed E-state index contributed by atoms with van der Waals surface area (Å²) >= 11 is 2.22. The molecule has 1 aromatic rings. The summed E-state index contributed by atoms with van der Waals surface area (Å²) in [6, 6.07) is 0.122. The molecule has 1 rings (SSSR count). The molecule has 0 aliphatic heterocycles. The van der Waals surface area contributed by atoms with Crippen molar-refractivity contribution in [3.05, 3.63) is 16.0 Å². The Bertz CT molecular complexity index is 408. The largest absolute Gasteiger partial charge is 0.468 e. The number of hydrogen-bond donors (Lipinski definition) is 1. The summed E-state index contributed by atoms with van der Waals surface area (Å²) in [5.74, 6) is -0.238. The summed E-state index contributed by atoms with van der Waals surface area (Å²) < 4.78 is 7.84. The van der Waals surface area contributed by atoms with Gasteiger partial charge >= 0.3 is 5.97 Å². The van der Waals surface area contributed by atoms with Crippen LogP contribution >= 0.6 is 22.6 Å². The molecule has 6 heteroatoms. The van der Waals surface area contributed by atoms with Crippen LogP contribution in [0.15, 0.2) is 12.4 Å². The molecular weight excluding hydrogens is 345 g/mol. The van der Waals surface area contributed by atoms with Crippen molar-refractivity contribution in [3.8, 4) is 0 Å². The van der Waals surface area contributed by atoms with Crippen molar-refractivity contribution in [1.29, 1.82) is 0 Å². The fourth-order valence-electron chi connectivity index (χ4n) is 2.08. The Morgan fingerprint density at radius 3 is 2.83 bits per heavy atom. The van der Waals surface area contributed by atoms with E-state index in [9.17, 15) is 4.79 Å². The topological polar surface area (TPSA) is 56.2 Å². The molecule has 0 radical (unpaired) electrons. The van der Waals surface area contributed by atoms with Gasteiger partial charge in [0.25, 0.3) is 0 Å². The summed E-state index contributed by atoms with van der Waals surface area (Å²) in [4.78, 5) is 11.9. The van der Waals surface area contributed by atoms with E-state index < -0.39 is 5.54 Å². The highest BCUT2D eigenvalue weighted by atomic mass is 127. The second-order valence-electron chi connectivity index (χ2n) is 4.55. The maximum Gasteiger partial charge on any atom is 0.325 e. The van der Waals surface area contributed by atoms with E-state index in [-0.39, 0.29) is 12.0 Å². The van der Waals surface area contributed by atoms with Gasteiger partial charge in [0.1, 0.15) is 5.54 Å². The van der Waals surface area contributed by atoms with Crippen LogP contribution in [0.4, 0.5) is 0 Å². The molecule has 0 aliphatic rings. The van der Waals surface area contributed by atoms with Crippen molar-refractivity contribution in [3.63, 3.8) is 0 Å². The van der Waals surface area contributed by atoms with Crippen molar-refractivity contribution in [1.82, 2.24) is 15.1 Å². The third-order valence-electron chi connectivity index (χ3n) is 2.93. The molecule has 1 heterocycles. The number of likely N-dealkylation sites (N-methyl/N-ethyl adjacent to an activating group) is 1. The Morgan fingerprint density at radius 2 is 2.39 bits per heavy atom. The van der Waals surface area contributed by atoms with E-state index in [0.29, 0.717) is 6.42 Å². The first-order valence-corrected chi connectivity index (χ1v) is 7.04. The molecule has 1 N–H and O–H groups in total. The molecule has 2 unspecified atom stereocenters. The first-order chi connectivity index (χ1) is 8.42. The zero-order chi connectivity index (χ0) is 13.8. The summed E-state index contributed by atoms with van der Waals surface area (Å²) in [6.45, 7) is 6.60. The van der Waals surface area contributed by atoms with Crippen molar-refractivity contribution in [2.45, 2.75) is 38.8 Å². The number of esters is 1. The van der Waals surface area contributed by atoms with Crippen LogP contribution < -0.4 is 5.32 Å². The first kappa shape index (κ1) is 15.4. The van der Waals surface area contributed by atoms with E-state index in [0.717, 1.165) is 10.1 Å². The van der Waals surface area contributed by atoms with Gasteiger partial charge in [-0.25, -0.2) is 0 Å². The van der Waals surface area contributed by atoms with Crippen molar-refractivity contribution >= 4 is 28.6 Å². The molecule has 0 amide bonds. The summed E-state index contributed by atoms with van der Waals surface area (Å²) in [5, 5.41) is 7.47. The monoisotopic (exact) mass is 365 g/mol. The van der Waals surface area contributed by atoms with Crippen LogP contribution in [0.5, 0.6) is 0 Å². The number of ether oxygens (including phenoxy) is 1. The van der Waals surface area contributed by atoms with Gasteiger partial charge in [-0.3, -0.25) is 9.48 Å². The van der Waals surface area contributed by atoms with Gasteiger partial charge in [0.15, 0.2) is 0 Å². The van der Waals surface area contributed by atoms with Crippen molar-refractivity contribution in [2.24, 2.45) is 0 Å². The predicted octanol–water partition coefficient (Wildman–Crippen LogP) is 1.98. The summed E-state index contributed by atoms with van der Waals surface area (Å²) in [6.07, 6.45) is 4.40. The highest BCUT2D eigenvalue weighted by Gasteiger charge is 2.35. The number of nitrogens with one attached hydrogen (secondary N) is 1. The van der Waals surface area contributed by atoms with Crippen LogP contribution in [0, 0.1) is 3.57 Å². The van der Waals surface area contributed by atoms with E-state index in [1.54, 1.807) is 6.20 Å². The molecule has 0 aromatic carbocycles. The minimum Gasteiger partial charge on any atom is -0.468 e. The molecule has 2 atom stereocenters. The van der Waals surface area contributed by atoms with E-state index in [2.05, 4.69) is 33.0 Å². The lowest BCUT2D eigenvalue weighted by Gasteiger charge is -2.30. The van der Waals surface area contributed by atoms with E-state index >= 15 is 0 Å². The van der Waals surface area contributed by atoms with E-state index in [4.69, 9.17) is 4.74 Å². The molecule has 0 spiro atoms. The number of halogens is 1. The zero-order valence-corrected chi connectivity index (χ0v) is 13.4. The fourth-order valence-corrected chi connectivity index (χ4v) is 2.49. The van der Waals surface area contributed by atoms with Gasteiger partial charge in [-0.05, 0) is 49.4 Å². The Hall–Kier alpha value is -0.630. The maximum absolute atomic E-state index is 11.9. The van der Waals surface area contributed by atoms with E-state index in [1.807, 2.05) is 31.6 Å². The SMILES string of the molecule is CCNC(C)(CC(C)n1cc(I)cn1)C(=O)OC. The van der Waals surface area contributed by atoms with Crippen molar-refractivity contribution in [2.75, 3.05) is 13.7 Å². The Morgan fingerprint density at radius 1 is 1.72 bits per heavy atom. The van der Waals surface area contributed by atoms with Crippen LogP contribution in [0.3, 0.4) is 0 Å². The number of methoxy groups -OCH3 is 1. The molecule has 18 heavy (non-hydrogen) atoms. The minimum absolute atomic E-state index is 0.122. The summed E-state index contributed by atoms with van der Waals surface area (Å²) in [7, 11) is 1.42. The van der Waals surface area contributed by atoms with Crippen LogP contribution in [0.2, 0.25) is 0 Å². The maximum atomic E-state index is 11.9. The smallest absolute Gasteiger partial charge is 0.325 e. The molecule has 0 aliphatic carbocycles. The summed E-state index contributed by atoms with van der Waals surface area (Å²) in [5.41, 5.74) is -0.680. The standard InChI is InChI=1S/C12H20IN3O2/c1-5-14-12(3,11(17)18-4)6-9(2)16-8-10(13)7-15-16/h7-9,14H,5-6H2,1-4H3. The number of hydrogen-bond acceptors (Lipinski definition) is 4. The zero-order valence-electron chi connectivity index (χ0n) is 11.2. The highest BCUT2D eigenvalue weighted by molar-refractivity contribution is 14.1. The molecule has 0 saturated heterocycles. The van der Waals surface area contributed by atoms with Crippen LogP contribution in [-0.2, 0) is 9.53 Å². The third kappa shape index (κ3) is 3.68. The lowest BCUT2D eigenvalue weighted by molar-refractivity contribution is -0.148. The molecule has 1 aromatic heterocycles. The van der Waals surface area contributed by atoms with Gasteiger partial charge in [-0.15, -0.1) is 0 Å². The molecule has 0 fully saturated rings. The quantitative estimate of drug-likeness (QED) is 0.619. The number of rotatable bonds is 6. The molecule has 0 bridgehead atoms. The van der Waals surface area contributed by atoms with Gasteiger partial charge < -0.3 is 10.1 Å². The average molecular weight is 365 g/mol. The number of carbonyl (C=O) groups excluding carboxylic acids is 1.